The number of piperidine rings is 1. The van der Waals surface area contributed by atoms with Gasteiger partial charge in [-0.2, -0.15) is 0 Å². The van der Waals surface area contributed by atoms with Crippen LogP contribution in [-0.4, -0.2) is 33.9 Å². The van der Waals surface area contributed by atoms with Crippen LogP contribution in [0.5, 0.6) is 0 Å². The summed E-state index contributed by atoms with van der Waals surface area (Å²) < 4.78 is 0. The third-order valence-electron chi connectivity index (χ3n) is 5.57. The zero-order chi connectivity index (χ0) is 19.3. The van der Waals surface area contributed by atoms with E-state index in [4.69, 9.17) is 0 Å². The maximum Gasteiger partial charge on any atom is 0.254 e. The molecule has 2 heterocycles. The number of hydrogen-bond acceptors (Lipinski definition) is 3. The van der Waals surface area contributed by atoms with Gasteiger partial charge >= 0.3 is 0 Å². The molecule has 1 aliphatic rings. The normalized spacial score (nSPS) is 14.8. The minimum Gasteiger partial charge on any atom is -0.339 e. The van der Waals surface area contributed by atoms with Gasteiger partial charge in [-0.05, 0) is 49.4 Å². The van der Waals surface area contributed by atoms with Gasteiger partial charge < -0.3 is 4.90 Å². The molecule has 0 N–H and O–H groups in total. The lowest BCUT2D eigenvalue weighted by molar-refractivity contribution is 0.0711. The van der Waals surface area contributed by atoms with Crippen molar-refractivity contribution in [2.75, 3.05) is 13.1 Å². The van der Waals surface area contributed by atoms with E-state index in [1.165, 1.54) is 11.1 Å². The number of nitrogens with zero attached hydrogens (tertiary/aromatic N) is 3. The predicted octanol–water partition coefficient (Wildman–Crippen LogP) is 4.40. The molecule has 0 radical (unpaired) electrons. The Hall–Kier alpha value is -3.01. The van der Waals surface area contributed by atoms with Crippen molar-refractivity contribution in [3.63, 3.8) is 0 Å². The lowest BCUT2D eigenvalue weighted by Crippen LogP contribution is -2.38. The van der Waals surface area contributed by atoms with Crippen molar-refractivity contribution in [3.05, 3.63) is 95.1 Å². The zero-order valence-corrected chi connectivity index (χ0v) is 16.2. The average Bonchev–Trinajstić information content (AvgIpc) is 2.76. The second-order valence-electron chi connectivity index (χ2n) is 7.52. The number of amides is 1. The summed E-state index contributed by atoms with van der Waals surface area (Å²) >= 11 is 0. The summed E-state index contributed by atoms with van der Waals surface area (Å²) in [7, 11) is 0. The molecule has 1 aromatic heterocycles. The Kier molecular flexibility index (Phi) is 5.47. The van der Waals surface area contributed by atoms with Crippen molar-refractivity contribution in [1.82, 2.24) is 14.9 Å². The molecule has 2 aromatic carbocycles. The molecular weight excluding hydrogens is 346 g/mol. The third-order valence-corrected chi connectivity index (χ3v) is 5.57. The molecule has 4 rings (SSSR count). The Morgan fingerprint density at radius 3 is 2.50 bits per heavy atom. The van der Waals surface area contributed by atoms with Gasteiger partial charge in [-0.3, -0.25) is 4.79 Å². The van der Waals surface area contributed by atoms with Crippen LogP contribution >= 0.6 is 0 Å². The monoisotopic (exact) mass is 371 g/mol. The van der Waals surface area contributed by atoms with E-state index in [1.807, 2.05) is 29.2 Å². The molecule has 3 aromatic rings. The summed E-state index contributed by atoms with van der Waals surface area (Å²) in [6.07, 6.45) is 6.07. The van der Waals surface area contributed by atoms with Crippen molar-refractivity contribution in [3.8, 4) is 0 Å². The lowest BCUT2D eigenvalue weighted by atomic mass is 9.92. The van der Waals surface area contributed by atoms with Gasteiger partial charge in [0.15, 0.2) is 0 Å². The number of aryl methyl sites for hydroxylation is 1. The molecule has 0 spiro atoms. The van der Waals surface area contributed by atoms with Crippen molar-refractivity contribution in [2.24, 2.45) is 0 Å². The molecule has 0 unspecified atom stereocenters. The number of rotatable bonds is 4. The first-order valence-corrected chi connectivity index (χ1v) is 9.89. The van der Waals surface area contributed by atoms with E-state index in [1.54, 1.807) is 12.5 Å². The average molecular weight is 371 g/mol. The van der Waals surface area contributed by atoms with Crippen LogP contribution < -0.4 is 0 Å². The van der Waals surface area contributed by atoms with Crippen LogP contribution in [-0.2, 0) is 6.42 Å². The molecule has 4 nitrogen and oxygen atoms in total. The Balaban J connectivity index is 1.46. The topological polar surface area (TPSA) is 46.1 Å². The minimum atomic E-state index is 0.142. The fourth-order valence-electron chi connectivity index (χ4n) is 3.90. The molecular formula is C24H25N3O. The van der Waals surface area contributed by atoms with Gasteiger partial charge in [0, 0.05) is 36.5 Å². The Morgan fingerprint density at radius 2 is 1.79 bits per heavy atom. The number of aromatic nitrogens is 2. The van der Waals surface area contributed by atoms with Crippen LogP contribution in [0.4, 0.5) is 0 Å². The number of carbonyl (C=O) groups excluding carboxylic acids is 1. The van der Waals surface area contributed by atoms with Gasteiger partial charge in [-0.25, -0.2) is 9.97 Å². The van der Waals surface area contributed by atoms with Crippen LogP contribution in [0.15, 0.2) is 67.1 Å². The fourth-order valence-corrected chi connectivity index (χ4v) is 3.90. The van der Waals surface area contributed by atoms with Crippen LogP contribution in [0.3, 0.4) is 0 Å². The van der Waals surface area contributed by atoms with Gasteiger partial charge in [-0.1, -0.05) is 48.0 Å². The molecule has 0 bridgehead atoms. The van der Waals surface area contributed by atoms with Gasteiger partial charge in [-0.15, -0.1) is 0 Å². The molecule has 1 amide bonds. The smallest absolute Gasteiger partial charge is 0.254 e. The summed E-state index contributed by atoms with van der Waals surface area (Å²) in [4.78, 5) is 23.6. The minimum absolute atomic E-state index is 0.142. The predicted molar refractivity (Wildman–Crippen MR) is 110 cm³/mol. The molecule has 4 heteroatoms. The summed E-state index contributed by atoms with van der Waals surface area (Å²) in [6.45, 7) is 3.63. The largest absolute Gasteiger partial charge is 0.339 e. The molecule has 1 fully saturated rings. The number of benzene rings is 2. The highest BCUT2D eigenvalue weighted by atomic mass is 16.2. The van der Waals surface area contributed by atoms with Crippen LogP contribution in [0, 0.1) is 6.92 Å². The first-order valence-electron chi connectivity index (χ1n) is 9.89. The number of hydrogen-bond donors (Lipinski definition) is 0. The summed E-state index contributed by atoms with van der Waals surface area (Å²) in [5.41, 5.74) is 5.48. The molecule has 1 aliphatic heterocycles. The molecule has 142 valence electrons. The fraction of sp³-hybridized carbons (Fsp3) is 0.292. The van der Waals surface area contributed by atoms with Crippen LogP contribution in [0.25, 0.3) is 0 Å². The molecule has 1 saturated heterocycles. The molecule has 28 heavy (non-hydrogen) atoms. The van der Waals surface area contributed by atoms with E-state index in [0.717, 1.165) is 49.2 Å². The van der Waals surface area contributed by atoms with E-state index in [9.17, 15) is 4.79 Å². The Bertz CT molecular complexity index is 930. The summed E-state index contributed by atoms with van der Waals surface area (Å²) in [5, 5.41) is 0. The second-order valence-corrected chi connectivity index (χ2v) is 7.52. The molecule has 0 saturated carbocycles. The van der Waals surface area contributed by atoms with E-state index in [-0.39, 0.29) is 5.91 Å². The Labute approximate surface area is 166 Å². The number of carbonyl (C=O) groups is 1. The Morgan fingerprint density at radius 1 is 1.04 bits per heavy atom. The first-order chi connectivity index (χ1) is 13.7. The highest BCUT2D eigenvalue weighted by molar-refractivity contribution is 5.95. The van der Waals surface area contributed by atoms with Crippen molar-refractivity contribution < 1.29 is 4.79 Å². The van der Waals surface area contributed by atoms with Crippen LogP contribution in [0.2, 0.25) is 0 Å². The third kappa shape index (κ3) is 4.11. The summed E-state index contributed by atoms with van der Waals surface area (Å²) in [5.74, 6) is 0.554. The van der Waals surface area contributed by atoms with E-state index < -0.39 is 0 Å². The number of likely N-dealkylation sites (tertiary alicyclic amines) is 1. The van der Waals surface area contributed by atoms with Gasteiger partial charge in [0.1, 0.15) is 6.33 Å². The highest BCUT2D eigenvalue weighted by Gasteiger charge is 2.26. The quantitative estimate of drug-likeness (QED) is 0.683. The second kappa shape index (κ2) is 8.34. The van der Waals surface area contributed by atoms with Crippen molar-refractivity contribution in [1.29, 1.82) is 0 Å². The van der Waals surface area contributed by atoms with Gasteiger partial charge in [0.05, 0.1) is 0 Å². The SMILES string of the molecule is Cc1ccc(Cc2ccccc2C(=O)N2CCC(c3ccncn3)CC2)cc1. The van der Waals surface area contributed by atoms with Gasteiger partial charge in [0.2, 0.25) is 0 Å². The van der Waals surface area contributed by atoms with Gasteiger partial charge in [0.25, 0.3) is 5.91 Å². The molecule has 0 aliphatic carbocycles. The molecule has 0 atom stereocenters. The zero-order valence-electron chi connectivity index (χ0n) is 16.2. The van der Waals surface area contributed by atoms with E-state index in [0.29, 0.717) is 5.92 Å². The summed E-state index contributed by atoms with van der Waals surface area (Å²) in [6, 6.07) is 18.5. The van der Waals surface area contributed by atoms with Crippen molar-refractivity contribution >= 4 is 5.91 Å². The van der Waals surface area contributed by atoms with E-state index >= 15 is 0 Å². The standard InChI is InChI=1S/C24H25N3O/c1-18-6-8-19(9-7-18)16-21-4-2-3-5-22(21)24(28)27-14-11-20(12-15-27)23-10-13-25-17-26-23/h2-10,13,17,20H,11-12,14-16H2,1H3. The highest BCUT2D eigenvalue weighted by Crippen LogP contribution is 2.27. The maximum atomic E-state index is 13.2. The van der Waals surface area contributed by atoms with Crippen LogP contribution in [0.1, 0.15) is 51.5 Å². The maximum absolute atomic E-state index is 13.2. The van der Waals surface area contributed by atoms with Crippen molar-refractivity contribution in [2.45, 2.75) is 32.1 Å². The lowest BCUT2D eigenvalue weighted by Gasteiger charge is -2.32. The van der Waals surface area contributed by atoms with E-state index in [2.05, 4.69) is 47.2 Å². The first kappa shape index (κ1) is 18.4.